The molecule has 126 valence electrons. The van der Waals surface area contributed by atoms with Crippen LogP contribution in [0.3, 0.4) is 0 Å². The van der Waals surface area contributed by atoms with E-state index in [1.165, 1.54) is 26.4 Å². The Hall–Kier alpha value is -2.82. The van der Waals surface area contributed by atoms with Crippen LogP contribution in [-0.4, -0.2) is 32.6 Å². The zero-order valence-corrected chi connectivity index (χ0v) is 14.2. The summed E-state index contributed by atoms with van der Waals surface area (Å²) in [4.78, 5) is 24.5. The summed E-state index contributed by atoms with van der Waals surface area (Å²) in [6, 6.07) is 10.3. The van der Waals surface area contributed by atoms with Gasteiger partial charge in [-0.2, -0.15) is 0 Å². The van der Waals surface area contributed by atoms with Gasteiger partial charge in [-0.15, -0.1) is 0 Å². The molecular formula is C19H20O5. The lowest BCUT2D eigenvalue weighted by atomic mass is 10.0. The highest BCUT2D eigenvalue weighted by atomic mass is 16.5. The van der Waals surface area contributed by atoms with E-state index in [4.69, 9.17) is 14.2 Å². The molecule has 5 nitrogen and oxygen atoms in total. The number of carbonyl (C=O) groups is 2. The third kappa shape index (κ3) is 4.13. The summed E-state index contributed by atoms with van der Waals surface area (Å²) in [5, 5.41) is 0. The maximum absolute atomic E-state index is 12.3. The Morgan fingerprint density at radius 3 is 2.12 bits per heavy atom. The van der Waals surface area contributed by atoms with E-state index in [2.05, 4.69) is 0 Å². The molecule has 0 fully saturated rings. The van der Waals surface area contributed by atoms with Gasteiger partial charge in [-0.1, -0.05) is 17.7 Å². The van der Waals surface area contributed by atoms with Crippen LogP contribution in [0.1, 0.15) is 31.8 Å². The van der Waals surface area contributed by atoms with Gasteiger partial charge in [0.1, 0.15) is 11.5 Å². The van der Waals surface area contributed by atoms with Crippen molar-refractivity contribution in [1.82, 2.24) is 0 Å². The molecule has 0 aromatic heterocycles. The summed E-state index contributed by atoms with van der Waals surface area (Å²) in [5.41, 5.74) is 2.66. The fraction of sp³-hybridized carbons (Fsp3) is 0.263. The summed E-state index contributed by atoms with van der Waals surface area (Å²) in [5.74, 6) is 0.106. The number of Topliss-reactive ketones (excluding diaryl/α,β-unsaturated/α-hetero) is 1. The molecule has 0 saturated carbocycles. The molecule has 5 heteroatoms. The normalized spacial score (nSPS) is 10.2. The van der Waals surface area contributed by atoms with Gasteiger partial charge in [0.2, 0.25) is 5.78 Å². The second-order valence-corrected chi connectivity index (χ2v) is 5.42. The predicted molar refractivity (Wildman–Crippen MR) is 90.1 cm³/mol. The largest absolute Gasteiger partial charge is 0.497 e. The Bertz CT molecular complexity index is 742. The van der Waals surface area contributed by atoms with Crippen molar-refractivity contribution < 1.29 is 23.8 Å². The number of rotatable bonds is 6. The lowest BCUT2D eigenvalue weighted by molar-refractivity contribution is 0.0474. The van der Waals surface area contributed by atoms with E-state index in [1.807, 2.05) is 26.0 Å². The van der Waals surface area contributed by atoms with Crippen LogP contribution in [0.25, 0.3) is 0 Å². The molecule has 0 amide bonds. The van der Waals surface area contributed by atoms with E-state index in [0.29, 0.717) is 17.1 Å². The third-order valence-corrected chi connectivity index (χ3v) is 3.61. The van der Waals surface area contributed by atoms with Gasteiger partial charge in [0.05, 0.1) is 19.8 Å². The highest BCUT2D eigenvalue weighted by Gasteiger charge is 2.15. The first-order chi connectivity index (χ1) is 11.4. The number of aryl methyl sites for hydroxylation is 2. The number of benzene rings is 2. The second kappa shape index (κ2) is 7.64. The van der Waals surface area contributed by atoms with E-state index in [1.54, 1.807) is 12.1 Å². The molecule has 0 heterocycles. The van der Waals surface area contributed by atoms with E-state index in [9.17, 15) is 9.59 Å². The summed E-state index contributed by atoms with van der Waals surface area (Å²) in [6.45, 7) is 3.44. The fourth-order valence-electron chi connectivity index (χ4n) is 2.25. The van der Waals surface area contributed by atoms with Crippen molar-refractivity contribution in [2.24, 2.45) is 0 Å². The van der Waals surface area contributed by atoms with E-state index >= 15 is 0 Å². The van der Waals surface area contributed by atoms with Crippen LogP contribution in [0, 0.1) is 13.8 Å². The zero-order valence-electron chi connectivity index (χ0n) is 14.2. The molecule has 0 spiro atoms. The van der Waals surface area contributed by atoms with E-state index in [-0.39, 0.29) is 18.0 Å². The van der Waals surface area contributed by atoms with Crippen molar-refractivity contribution in [3.05, 3.63) is 58.7 Å². The molecule has 0 atom stereocenters. The summed E-state index contributed by atoms with van der Waals surface area (Å²) < 4.78 is 15.4. The number of esters is 1. The first-order valence-electron chi connectivity index (χ1n) is 7.45. The van der Waals surface area contributed by atoms with Crippen molar-refractivity contribution in [2.45, 2.75) is 13.8 Å². The monoisotopic (exact) mass is 328 g/mol. The average Bonchev–Trinajstić information content (AvgIpc) is 2.60. The van der Waals surface area contributed by atoms with Crippen LogP contribution in [0.2, 0.25) is 0 Å². The predicted octanol–water partition coefficient (Wildman–Crippen LogP) is 3.36. The number of ketones is 1. The molecule has 0 bridgehead atoms. The molecule has 0 N–H and O–H groups in total. The highest BCUT2D eigenvalue weighted by molar-refractivity contribution is 6.00. The van der Waals surface area contributed by atoms with Crippen LogP contribution in [0.5, 0.6) is 11.5 Å². The number of ether oxygens (including phenoxy) is 3. The smallest absolute Gasteiger partial charge is 0.338 e. The van der Waals surface area contributed by atoms with Gasteiger partial charge in [0, 0.05) is 11.6 Å². The lowest BCUT2D eigenvalue weighted by Gasteiger charge is -2.09. The number of hydrogen-bond donors (Lipinski definition) is 0. The Morgan fingerprint density at radius 2 is 1.54 bits per heavy atom. The van der Waals surface area contributed by atoms with Crippen molar-refractivity contribution in [1.29, 1.82) is 0 Å². The Morgan fingerprint density at radius 1 is 0.917 bits per heavy atom. The van der Waals surface area contributed by atoms with Gasteiger partial charge < -0.3 is 14.2 Å². The summed E-state index contributed by atoms with van der Waals surface area (Å²) in [6.07, 6.45) is 0. The molecule has 2 rings (SSSR count). The minimum absolute atomic E-state index is 0.237. The van der Waals surface area contributed by atoms with Gasteiger partial charge in [-0.05, 0) is 37.6 Å². The molecule has 0 aliphatic rings. The molecule has 2 aromatic rings. The minimum atomic E-state index is -0.606. The lowest BCUT2D eigenvalue weighted by Crippen LogP contribution is -2.15. The summed E-state index contributed by atoms with van der Waals surface area (Å²) >= 11 is 0. The van der Waals surface area contributed by atoms with Crippen molar-refractivity contribution in [3.63, 3.8) is 0 Å². The topological polar surface area (TPSA) is 61.8 Å². The summed E-state index contributed by atoms with van der Waals surface area (Å²) in [7, 11) is 2.99. The minimum Gasteiger partial charge on any atom is -0.497 e. The second-order valence-electron chi connectivity index (χ2n) is 5.42. The Kier molecular flexibility index (Phi) is 5.58. The maximum Gasteiger partial charge on any atom is 0.338 e. The molecular weight excluding hydrogens is 308 g/mol. The van der Waals surface area contributed by atoms with Crippen LogP contribution in [0.4, 0.5) is 0 Å². The van der Waals surface area contributed by atoms with Crippen LogP contribution < -0.4 is 9.47 Å². The van der Waals surface area contributed by atoms with Crippen molar-refractivity contribution in [3.8, 4) is 11.5 Å². The molecule has 0 aliphatic carbocycles. The van der Waals surface area contributed by atoms with Crippen molar-refractivity contribution in [2.75, 3.05) is 20.8 Å². The van der Waals surface area contributed by atoms with Crippen LogP contribution >= 0.6 is 0 Å². The molecule has 0 saturated heterocycles. The van der Waals surface area contributed by atoms with Gasteiger partial charge in [0.15, 0.2) is 6.61 Å². The van der Waals surface area contributed by atoms with Gasteiger partial charge in [0.25, 0.3) is 0 Å². The van der Waals surface area contributed by atoms with Gasteiger partial charge in [-0.3, -0.25) is 4.79 Å². The Labute approximate surface area is 141 Å². The maximum atomic E-state index is 12.3. The van der Waals surface area contributed by atoms with Crippen LogP contribution in [-0.2, 0) is 4.74 Å². The van der Waals surface area contributed by atoms with Gasteiger partial charge >= 0.3 is 5.97 Å². The molecule has 0 aliphatic heterocycles. The van der Waals surface area contributed by atoms with E-state index < -0.39 is 5.97 Å². The quantitative estimate of drug-likeness (QED) is 0.601. The zero-order chi connectivity index (χ0) is 17.7. The molecule has 0 radical (unpaired) electrons. The van der Waals surface area contributed by atoms with Crippen molar-refractivity contribution >= 4 is 11.8 Å². The van der Waals surface area contributed by atoms with Crippen LogP contribution in [0.15, 0.2) is 36.4 Å². The third-order valence-electron chi connectivity index (χ3n) is 3.61. The molecule has 24 heavy (non-hydrogen) atoms. The standard InChI is InChI=1S/C19H20O5/c1-12-5-6-13(2)17(7-12)18(20)11-24-19(21)14-8-15(22-3)10-16(9-14)23-4/h5-10H,11H2,1-4H3. The fourth-order valence-corrected chi connectivity index (χ4v) is 2.25. The number of carbonyl (C=O) groups excluding carboxylic acids is 2. The van der Waals surface area contributed by atoms with E-state index in [0.717, 1.165) is 11.1 Å². The Balaban J connectivity index is 2.10. The SMILES string of the molecule is COc1cc(OC)cc(C(=O)OCC(=O)c2cc(C)ccc2C)c1. The first kappa shape index (κ1) is 17.5. The van der Waals surface area contributed by atoms with Gasteiger partial charge in [-0.25, -0.2) is 4.79 Å². The number of hydrogen-bond acceptors (Lipinski definition) is 5. The average molecular weight is 328 g/mol. The molecule has 0 unspecified atom stereocenters. The highest BCUT2D eigenvalue weighted by Crippen LogP contribution is 2.23. The molecule has 2 aromatic carbocycles. The number of methoxy groups -OCH3 is 2. The first-order valence-corrected chi connectivity index (χ1v) is 7.45.